The molecule has 1 N–H and O–H groups in total. The maximum absolute atomic E-state index is 13.8. The first-order chi connectivity index (χ1) is 19.0. The standard InChI is InChI=1S/C28H34N8O2S/c1-5-39-21-11-10-20(30-13-21)12-31-26-28(37)36(17(2)18-6-7-18)27-23(34-26)14-32-25(35-27)22(15-38-4)24(19-8-9-19)33-16-29-3/h10-11,13-19H,5-9,12H2,1-4H3,(H,31,34)/b22-15-,29-16-,33-24-/t17-/m0/s1. The summed E-state index contributed by atoms with van der Waals surface area (Å²) in [6.07, 6.45) is 11.0. The Bertz CT molecular complexity index is 1470. The van der Waals surface area contributed by atoms with Gasteiger partial charge >= 0.3 is 0 Å². The summed E-state index contributed by atoms with van der Waals surface area (Å²) >= 11 is 1.74. The van der Waals surface area contributed by atoms with Gasteiger partial charge in [-0.25, -0.2) is 19.9 Å². The van der Waals surface area contributed by atoms with Crippen LogP contribution in [0.5, 0.6) is 0 Å². The van der Waals surface area contributed by atoms with Crippen LogP contribution < -0.4 is 10.9 Å². The molecule has 0 radical (unpaired) electrons. The van der Waals surface area contributed by atoms with Crippen molar-refractivity contribution in [2.45, 2.75) is 57.0 Å². The summed E-state index contributed by atoms with van der Waals surface area (Å²) in [4.78, 5) is 42.2. The predicted octanol–water partition coefficient (Wildman–Crippen LogP) is 4.77. The second-order valence-corrected chi connectivity index (χ2v) is 11.2. The van der Waals surface area contributed by atoms with Gasteiger partial charge in [0.2, 0.25) is 0 Å². The molecule has 0 bridgehead atoms. The van der Waals surface area contributed by atoms with Crippen LogP contribution in [-0.4, -0.2) is 56.5 Å². The molecule has 0 saturated heterocycles. The number of aromatic nitrogens is 5. The van der Waals surface area contributed by atoms with E-state index in [1.165, 1.54) is 6.34 Å². The average Bonchev–Trinajstić information content (AvgIpc) is 3.86. The molecule has 11 heteroatoms. The first-order valence-electron chi connectivity index (χ1n) is 13.4. The molecule has 204 valence electrons. The van der Waals surface area contributed by atoms with Gasteiger partial charge in [-0.15, -0.1) is 11.8 Å². The number of nitrogens with zero attached hydrogens (tertiary/aromatic N) is 7. The van der Waals surface area contributed by atoms with Gasteiger partial charge in [-0.3, -0.25) is 19.3 Å². The second kappa shape index (κ2) is 12.1. The summed E-state index contributed by atoms with van der Waals surface area (Å²) in [5.74, 6) is 2.46. The number of aliphatic imine (C=N–C) groups is 2. The summed E-state index contributed by atoms with van der Waals surface area (Å²) in [5.41, 5.74) is 3.23. The third kappa shape index (κ3) is 6.19. The third-order valence-corrected chi connectivity index (χ3v) is 7.78. The van der Waals surface area contributed by atoms with Gasteiger partial charge in [0.05, 0.1) is 43.1 Å². The zero-order valence-electron chi connectivity index (χ0n) is 22.8. The van der Waals surface area contributed by atoms with Crippen molar-refractivity contribution in [3.63, 3.8) is 0 Å². The Labute approximate surface area is 232 Å². The predicted molar refractivity (Wildman–Crippen MR) is 157 cm³/mol. The van der Waals surface area contributed by atoms with E-state index in [-0.39, 0.29) is 17.4 Å². The lowest BCUT2D eigenvalue weighted by molar-refractivity contribution is 0.340. The van der Waals surface area contributed by atoms with E-state index < -0.39 is 0 Å². The molecule has 3 aromatic heterocycles. The van der Waals surface area contributed by atoms with Crippen LogP contribution >= 0.6 is 11.8 Å². The zero-order chi connectivity index (χ0) is 27.4. The Morgan fingerprint density at radius 1 is 1.23 bits per heavy atom. The number of rotatable bonds is 12. The van der Waals surface area contributed by atoms with Gasteiger partial charge in [-0.2, -0.15) is 0 Å². The van der Waals surface area contributed by atoms with E-state index in [9.17, 15) is 4.79 Å². The smallest absolute Gasteiger partial charge is 0.295 e. The molecular weight excluding hydrogens is 512 g/mol. The number of anilines is 1. The first kappa shape index (κ1) is 27.0. The fourth-order valence-electron chi connectivity index (χ4n) is 4.57. The largest absolute Gasteiger partial charge is 0.504 e. The Morgan fingerprint density at radius 2 is 2.05 bits per heavy atom. The topological polar surface area (TPSA) is 120 Å². The van der Waals surface area contributed by atoms with Crippen molar-refractivity contribution < 1.29 is 4.74 Å². The molecule has 39 heavy (non-hydrogen) atoms. The summed E-state index contributed by atoms with van der Waals surface area (Å²) in [5, 5.41) is 3.22. The number of hydrogen-bond donors (Lipinski definition) is 1. The van der Waals surface area contributed by atoms with Gasteiger partial charge in [-0.1, -0.05) is 6.92 Å². The molecule has 0 unspecified atom stereocenters. The van der Waals surface area contributed by atoms with Crippen molar-refractivity contribution in [1.29, 1.82) is 0 Å². The van der Waals surface area contributed by atoms with Gasteiger partial charge < -0.3 is 10.1 Å². The number of hydrogen-bond acceptors (Lipinski definition) is 9. The fraction of sp³-hybridized carbons (Fsp3) is 0.464. The van der Waals surface area contributed by atoms with Crippen LogP contribution in [0.3, 0.4) is 0 Å². The van der Waals surface area contributed by atoms with E-state index in [0.29, 0.717) is 40.9 Å². The molecule has 0 aromatic carbocycles. The molecule has 2 aliphatic rings. The molecule has 3 aromatic rings. The minimum Gasteiger partial charge on any atom is -0.504 e. The van der Waals surface area contributed by atoms with Crippen LogP contribution in [0.1, 0.15) is 57.1 Å². The van der Waals surface area contributed by atoms with Crippen molar-refractivity contribution in [3.05, 3.63) is 52.7 Å². The van der Waals surface area contributed by atoms with Crippen LogP contribution in [0.2, 0.25) is 0 Å². The van der Waals surface area contributed by atoms with E-state index in [2.05, 4.69) is 44.1 Å². The fourth-order valence-corrected chi connectivity index (χ4v) is 5.20. The second-order valence-electron chi connectivity index (χ2n) is 9.82. The molecular formula is C28H34N8O2S. The molecule has 5 rings (SSSR count). The number of ether oxygens (including phenoxy) is 1. The van der Waals surface area contributed by atoms with Crippen LogP contribution in [0.4, 0.5) is 5.82 Å². The van der Waals surface area contributed by atoms with E-state index in [1.807, 2.05) is 18.3 Å². The van der Waals surface area contributed by atoms with Crippen molar-refractivity contribution in [2.24, 2.45) is 21.8 Å². The van der Waals surface area contributed by atoms with Gasteiger partial charge in [0.25, 0.3) is 5.56 Å². The highest BCUT2D eigenvalue weighted by Crippen LogP contribution is 2.40. The highest BCUT2D eigenvalue weighted by Gasteiger charge is 2.34. The zero-order valence-corrected chi connectivity index (χ0v) is 23.6. The Morgan fingerprint density at radius 3 is 2.69 bits per heavy atom. The van der Waals surface area contributed by atoms with Gasteiger partial charge in [0.1, 0.15) is 11.9 Å². The summed E-state index contributed by atoms with van der Waals surface area (Å²) in [6, 6.07) is 4.00. The van der Waals surface area contributed by atoms with Crippen molar-refractivity contribution >= 4 is 46.4 Å². The summed E-state index contributed by atoms with van der Waals surface area (Å²) in [6.45, 7) is 4.58. The Kier molecular flexibility index (Phi) is 8.35. The van der Waals surface area contributed by atoms with Crippen LogP contribution in [0.25, 0.3) is 16.7 Å². The number of fused-ring (bicyclic) bond motifs is 1. The number of thioether (sulfide) groups is 1. The number of allylic oxidation sites excluding steroid dienone is 1. The molecule has 0 amide bonds. The molecule has 2 saturated carbocycles. The molecule has 1 atom stereocenters. The molecule has 0 spiro atoms. The average molecular weight is 547 g/mol. The minimum atomic E-state index is -0.198. The molecule has 10 nitrogen and oxygen atoms in total. The van der Waals surface area contributed by atoms with E-state index in [0.717, 1.165) is 47.7 Å². The lowest BCUT2D eigenvalue weighted by Crippen LogP contribution is -2.29. The highest BCUT2D eigenvalue weighted by atomic mass is 32.2. The van der Waals surface area contributed by atoms with Crippen LogP contribution in [-0.2, 0) is 11.3 Å². The third-order valence-electron chi connectivity index (χ3n) is 6.92. The normalized spacial score (nSPS) is 17.1. The first-order valence-corrected chi connectivity index (χ1v) is 14.4. The molecule has 2 aliphatic carbocycles. The van der Waals surface area contributed by atoms with E-state index >= 15 is 0 Å². The molecule has 0 aliphatic heterocycles. The number of methoxy groups -OCH3 is 1. The summed E-state index contributed by atoms with van der Waals surface area (Å²) < 4.78 is 7.18. The maximum Gasteiger partial charge on any atom is 0.295 e. The minimum absolute atomic E-state index is 0.0200. The Balaban J connectivity index is 1.53. The Hall–Kier alpha value is -3.60. The van der Waals surface area contributed by atoms with Gasteiger partial charge in [0.15, 0.2) is 17.3 Å². The molecule has 3 heterocycles. The quantitative estimate of drug-likeness (QED) is 0.149. The van der Waals surface area contributed by atoms with Gasteiger partial charge in [0, 0.05) is 30.1 Å². The van der Waals surface area contributed by atoms with Crippen molar-refractivity contribution in [2.75, 3.05) is 25.2 Å². The maximum atomic E-state index is 13.8. The van der Waals surface area contributed by atoms with Gasteiger partial charge in [-0.05, 0) is 56.4 Å². The summed E-state index contributed by atoms with van der Waals surface area (Å²) in [7, 11) is 3.28. The van der Waals surface area contributed by atoms with Crippen molar-refractivity contribution in [3.8, 4) is 0 Å². The monoisotopic (exact) mass is 546 g/mol. The van der Waals surface area contributed by atoms with E-state index in [4.69, 9.17) is 9.72 Å². The highest BCUT2D eigenvalue weighted by molar-refractivity contribution is 7.99. The number of nitrogens with one attached hydrogen (secondary N) is 1. The molecule has 2 fully saturated rings. The lowest BCUT2D eigenvalue weighted by atomic mass is 10.1. The lowest BCUT2D eigenvalue weighted by Gasteiger charge is -2.19. The number of pyridine rings is 1. The van der Waals surface area contributed by atoms with Crippen LogP contribution in [0.15, 0.2) is 50.5 Å². The van der Waals surface area contributed by atoms with Crippen LogP contribution in [0, 0.1) is 11.8 Å². The SMILES string of the molecule is CCSc1ccc(CNc2nc3cnc(C(=C\OC)/C(=N\C=N/C)C4CC4)nc3n([C@@H](C)C3CC3)c2=O)nc1. The van der Waals surface area contributed by atoms with Crippen molar-refractivity contribution in [1.82, 2.24) is 24.5 Å². The van der Waals surface area contributed by atoms with E-state index in [1.54, 1.807) is 42.9 Å².